The van der Waals surface area contributed by atoms with E-state index in [-0.39, 0.29) is 10.3 Å². The number of methoxy groups -OCH3 is 1. The molecule has 0 N–H and O–H groups in total. The second-order valence-corrected chi connectivity index (χ2v) is 18.2. The predicted octanol–water partition coefficient (Wildman–Crippen LogP) is 4.10. The molecule has 0 aliphatic rings. The van der Waals surface area contributed by atoms with Gasteiger partial charge in [0.1, 0.15) is 0 Å². The molecule has 0 heterocycles. The molecule has 0 radical (unpaired) electrons. The molecule has 2 rings (SSSR count). The molecule has 0 saturated carbocycles. The molecule has 22 heavy (non-hydrogen) atoms. The number of hydrogen-bond acceptors (Lipinski definition) is 2. The van der Waals surface area contributed by atoms with E-state index in [0.717, 1.165) is 14.9 Å². The van der Waals surface area contributed by atoms with Crippen LogP contribution in [0.25, 0.3) is 6.08 Å². The first-order valence-electron chi connectivity index (χ1n) is 6.61. The minimum absolute atomic E-state index is 0.0501. The van der Waals surface area contributed by atoms with Gasteiger partial charge in [0.15, 0.2) is 0 Å². The van der Waals surface area contributed by atoms with Crippen molar-refractivity contribution in [2.45, 2.75) is 4.47 Å². The van der Waals surface area contributed by atoms with Crippen LogP contribution >= 0.6 is 17.9 Å². The maximum atomic E-state index is 12.1. The first kappa shape index (κ1) is 17.4. The van der Waals surface area contributed by atoms with Crippen LogP contribution in [0, 0.1) is 0 Å². The maximum absolute atomic E-state index is 12.1. The van der Waals surface area contributed by atoms with Crippen LogP contribution in [0.2, 0.25) is 4.47 Å². The minimum atomic E-state index is -3.41. The Morgan fingerprint density at radius 3 is 2.32 bits per heavy atom. The molecule has 5 heteroatoms. The van der Waals surface area contributed by atoms with Gasteiger partial charge in [-0.15, -0.1) is 0 Å². The van der Waals surface area contributed by atoms with Crippen molar-refractivity contribution < 1.29 is 9.53 Å². The van der Waals surface area contributed by atoms with E-state index in [4.69, 9.17) is 22.7 Å². The summed E-state index contributed by atoms with van der Waals surface area (Å²) < 4.78 is 6.16. The third kappa shape index (κ3) is 5.04. The Bertz CT molecular complexity index is 652. The summed E-state index contributed by atoms with van der Waals surface area (Å²) in [6.07, 6.45) is 3.33. The molecule has 0 spiro atoms. The molecule has 116 valence electrons. The van der Waals surface area contributed by atoms with Crippen LogP contribution in [0.3, 0.4) is 0 Å². The molecule has 0 atom stereocenters. The normalized spacial score (nSPS) is 12.3. The van der Waals surface area contributed by atoms with Gasteiger partial charge in [0.25, 0.3) is 0 Å². The van der Waals surface area contributed by atoms with Crippen LogP contribution in [-0.2, 0) is 4.79 Å². The number of ether oxygens (including phenoxy) is 1. The second-order valence-electron chi connectivity index (χ2n) is 4.61. The predicted molar refractivity (Wildman–Crippen MR) is 95.4 cm³/mol. The summed E-state index contributed by atoms with van der Waals surface area (Å²) in [5.74, 6) is 0.692. The molecular weight excluding hydrogens is 435 g/mol. The quantitative estimate of drug-likeness (QED) is 0.489. The van der Waals surface area contributed by atoms with Gasteiger partial charge in [-0.25, -0.2) is 0 Å². The summed E-state index contributed by atoms with van der Waals surface area (Å²) in [6, 6.07) is 17.0. The molecule has 2 nitrogen and oxygen atoms in total. The number of carbonyl (C=O) groups excluding carboxylic acids is 1. The van der Waals surface area contributed by atoms with E-state index in [1.807, 2.05) is 54.6 Å². The van der Waals surface area contributed by atoms with Gasteiger partial charge in [0, 0.05) is 0 Å². The van der Waals surface area contributed by atoms with E-state index >= 15 is 0 Å². The molecule has 0 unspecified atom stereocenters. The summed E-state index contributed by atoms with van der Waals surface area (Å²) in [6.45, 7) is 0. The zero-order valence-corrected chi connectivity index (χ0v) is 15.9. The zero-order valence-electron chi connectivity index (χ0n) is 12.0. The molecule has 0 saturated heterocycles. The van der Waals surface area contributed by atoms with Crippen LogP contribution < -0.4 is 8.35 Å². The number of hydrogen-bond donors (Lipinski definition) is 0. The summed E-state index contributed by atoms with van der Waals surface area (Å²) >= 11 is -3.41. The van der Waals surface area contributed by atoms with Gasteiger partial charge in [-0.1, -0.05) is 0 Å². The molecule has 0 bridgehead atoms. The van der Waals surface area contributed by atoms with Gasteiger partial charge >= 0.3 is 142 Å². The summed E-state index contributed by atoms with van der Waals surface area (Å²) in [5, 5.41) is 0. The first-order valence-corrected chi connectivity index (χ1v) is 15.3. The molecule has 2 aromatic carbocycles. The molecule has 2 aromatic rings. The van der Waals surface area contributed by atoms with Crippen LogP contribution in [0.15, 0.2) is 60.7 Å². The number of halogens is 2. The third-order valence-corrected chi connectivity index (χ3v) is 11.4. The van der Waals surface area contributed by atoms with Crippen LogP contribution in [-0.4, -0.2) is 28.8 Å². The monoisotopic (exact) mass is 452 g/mol. The molecule has 0 aliphatic heterocycles. The average molecular weight is 451 g/mol. The van der Waals surface area contributed by atoms with Gasteiger partial charge in [0.2, 0.25) is 0 Å². The van der Waals surface area contributed by atoms with E-state index in [1.54, 1.807) is 19.3 Å². The van der Waals surface area contributed by atoms with E-state index in [2.05, 4.69) is 0 Å². The third-order valence-electron chi connectivity index (χ3n) is 2.99. The Morgan fingerprint density at radius 1 is 1.09 bits per heavy atom. The number of ketones is 1. The fourth-order valence-corrected chi connectivity index (χ4v) is 7.96. The fraction of sp³-hybridized carbons (Fsp3) is 0.118. The molecule has 0 amide bonds. The van der Waals surface area contributed by atoms with Gasteiger partial charge < -0.3 is 0 Å². The van der Waals surface area contributed by atoms with E-state index < -0.39 is 15.9 Å². The van der Waals surface area contributed by atoms with Crippen molar-refractivity contribution in [3.63, 3.8) is 0 Å². The van der Waals surface area contributed by atoms with E-state index in [9.17, 15) is 4.79 Å². The number of rotatable bonds is 6. The molecule has 0 fully saturated rings. The van der Waals surface area contributed by atoms with Gasteiger partial charge in [0.05, 0.1) is 0 Å². The number of benzene rings is 2. The van der Waals surface area contributed by atoms with Crippen molar-refractivity contribution in [3.8, 4) is 5.75 Å². The van der Waals surface area contributed by atoms with Gasteiger partial charge in [-0.05, 0) is 0 Å². The Hall–Kier alpha value is -0.980. The summed E-state index contributed by atoms with van der Waals surface area (Å²) in [7, 11) is 14.6. The molecular formula is C17H16Cl2O2Te. The van der Waals surface area contributed by atoms with Crippen LogP contribution in [0.5, 0.6) is 5.75 Å². The molecule has 0 aromatic heterocycles. The van der Waals surface area contributed by atoms with Crippen molar-refractivity contribution >= 4 is 49.3 Å². The summed E-state index contributed by atoms with van der Waals surface area (Å²) in [4.78, 5) is 12.1. The number of allylic oxidation sites excluding steroid dienone is 1. The summed E-state index contributed by atoms with van der Waals surface area (Å²) in [5.41, 5.74) is 0.975. The second kappa shape index (κ2) is 8.04. The Labute approximate surface area is 142 Å². The van der Waals surface area contributed by atoms with Crippen molar-refractivity contribution in [1.29, 1.82) is 0 Å². The zero-order chi connectivity index (χ0) is 16.0. The topological polar surface area (TPSA) is 26.3 Å². The SMILES string of the molecule is COc1ccc([Te](Cl)(Cl)CC(=O)/C=C/c2ccccc2)cc1. The van der Waals surface area contributed by atoms with Crippen LogP contribution in [0.4, 0.5) is 0 Å². The van der Waals surface area contributed by atoms with E-state index in [1.165, 1.54) is 0 Å². The Balaban J connectivity index is 2.04. The van der Waals surface area contributed by atoms with E-state index in [0.29, 0.717) is 0 Å². The standard InChI is InChI=1S/C17H16Cl2O2Te/c1-21-16-9-11-17(12-10-16)22(18,19)13-15(20)8-7-14-5-3-2-4-6-14/h2-12H,13H2,1H3/b8-7+. The van der Waals surface area contributed by atoms with Crippen molar-refractivity contribution in [3.05, 3.63) is 66.2 Å². The van der Waals surface area contributed by atoms with Crippen molar-refractivity contribution in [1.82, 2.24) is 0 Å². The van der Waals surface area contributed by atoms with Gasteiger partial charge in [-0.2, -0.15) is 0 Å². The van der Waals surface area contributed by atoms with Crippen molar-refractivity contribution in [2.75, 3.05) is 7.11 Å². The average Bonchev–Trinajstić information content (AvgIpc) is 2.53. The number of carbonyl (C=O) groups is 1. The molecule has 0 aliphatic carbocycles. The van der Waals surface area contributed by atoms with Crippen LogP contribution in [0.1, 0.15) is 5.56 Å². The first-order chi connectivity index (χ1) is 10.5. The van der Waals surface area contributed by atoms with Crippen molar-refractivity contribution in [2.24, 2.45) is 0 Å². The fourth-order valence-electron chi connectivity index (χ4n) is 1.84. The Kier molecular flexibility index (Phi) is 6.35. The Morgan fingerprint density at radius 2 is 1.73 bits per heavy atom. The van der Waals surface area contributed by atoms with Gasteiger partial charge in [-0.3, -0.25) is 0 Å².